The van der Waals surface area contributed by atoms with E-state index in [2.05, 4.69) is 5.32 Å². The van der Waals surface area contributed by atoms with Gasteiger partial charge in [-0.2, -0.15) is 0 Å². The van der Waals surface area contributed by atoms with Gasteiger partial charge in [-0.3, -0.25) is 4.79 Å². The van der Waals surface area contributed by atoms with E-state index in [1.165, 1.54) is 12.3 Å². The second-order valence-electron chi connectivity index (χ2n) is 3.84. The number of furan rings is 1. The minimum absolute atomic E-state index is 0.0799. The van der Waals surface area contributed by atoms with Crippen LogP contribution in [0.15, 0.2) is 33.1 Å². The molecule has 0 saturated heterocycles. The molecular weight excluding hydrogens is 288 g/mol. The van der Waals surface area contributed by atoms with Gasteiger partial charge in [0.15, 0.2) is 0 Å². The summed E-state index contributed by atoms with van der Waals surface area (Å²) in [6.45, 7) is 1.93. The maximum atomic E-state index is 11.8. The predicted octanol–water partition coefficient (Wildman–Crippen LogP) is 1.23. The Morgan fingerprint density at radius 3 is 2.68 bits per heavy atom. The first-order chi connectivity index (χ1) is 8.88. The number of aryl methyl sites for hydroxylation is 1. The molecule has 3 N–H and O–H groups in total. The van der Waals surface area contributed by atoms with Gasteiger partial charge in [-0.15, -0.1) is 11.3 Å². The molecule has 0 spiro atoms. The normalized spacial score (nSPS) is 11.5. The molecule has 0 unspecified atom stereocenters. The zero-order valence-corrected chi connectivity index (χ0v) is 11.7. The number of nitrogens with one attached hydrogen (secondary N) is 1. The first-order valence-corrected chi connectivity index (χ1v) is 7.68. The van der Waals surface area contributed by atoms with Crippen molar-refractivity contribution >= 4 is 27.3 Å². The maximum absolute atomic E-state index is 11.8. The fraction of sp³-hybridized carbons (Fsp3) is 0.182. The third kappa shape index (κ3) is 3.22. The average molecular weight is 300 g/mol. The van der Waals surface area contributed by atoms with E-state index >= 15 is 0 Å². The third-order valence-corrected chi connectivity index (χ3v) is 4.97. The Labute approximate surface area is 114 Å². The standard InChI is InChI=1S/C11H12N2O4S2/c1-7-9(4-5-17-7)11(14)13-6-8-2-3-10(18-8)19(12,15)16/h2-5H,6H2,1H3,(H,13,14)(H2,12,15,16). The molecule has 0 aromatic carbocycles. The summed E-state index contributed by atoms with van der Waals surface area (Å²) in [4.78, 5) is 12.5. The topological polar surface area (TPSA) is 102 Å². The smallest absolute Gasteiger partial charge is 0.255 e. The van der Waals surface area contributed by atoms with Crippen LogP contribution in [0.25, 0.3) is 0 Å². The van der Waals surface area contributed by atoms with Gasteiger partial charge in [-0.1, -0.05) is 0 Å². The van der Waals surface area contributed by atoms with Gasteiger partial charge in [0, 0.05) is 4.88 Å². The van der Waals surface area contributed by atoms with Crippen molar-refractivity contribution in [2.24, 2.45) is 5.14 Å². The van der Waals surface area contributed by atoms with Crippen molar-refractivity contribution < 1.29 is 17.6 Å². The van der Waals surface area contributed by atoms with Crippen LogP contribution in [-0.2, 0) is 16.6 Å². The van der Waals surface area contributed by atoms with E-state index in [0.717, 1.165) is 11.3 Å². The minimum Gasteiger partial charge on any atom is -0.469 e. The fourth-order valence-electron chi connectivity index (χ4n) is 1.49. The van der Waals surface area contributed by atoms with E-state index in [1.807, 2.05) is 0 Å². The summed E-state index contributed by atoms with van der Waals surface area (Å²) in [5.74, 6) is 0.269. The van der Waals surface area contributed by atoms with Crippen LogP contribution >= 0.6 is 11.3 Å². The molecule has 0 aliphatic heterocycles. The lowest BCUT2D eigenvalue weighted by Crippen LogP contribution is -2.22. The first kappa shape index (κ1) is 13.8. The highest BCUT2D eigenvalue weighted by Crippen LogP contribution is 2.20. The van der Waals surface area contributed by atoms with Crippen molar-refractivity contribution in [3.63, 3.8) is 0 Å². The molecule has 2 aromatic rings. The summed E-state index contributed by atoms with van der Waals surface area (Å²) < 4.78 is 27.3. The Balaban J connectivity index is 2.02. The Hall–Kier alpha value is -1.64. The van der Waals surface area contributed by atoms with Gasteiger partial charge in [0.05, 0.1) is 18.4 Å². The Morgan fingerprint density at radius 1 is 1.42 bits per heavy atom. The van der Waals surface area contributed by atoms with Crippen LogP contribution in [0.5, 0.6) is 0 Å². The Bertz CT molecular complexity index is 700. The average Bonchev–Trinajstić information content (AvgIpc) is 2.93. The molecule has 0 saturated carbocycles. The van der Waals surface area contributed by atoms with Gasteiger partial charge in [-0.05, 0) is 25.1 Å². The molecule has 102 valence electrons. The van der Waals surface area contributed by atoms with Crippen molar-refractivity contribution in [3.05, 3.63) is 40.7 Å². The number of nitrogens with two attached hydrogens (primary N) is 1. The van der Waals surface area contributed by atoms with Crippen LogP contribution < -0.4 is 10.5 Å². The molecule has 8 heteroatoms. The van der Waals surface area contributed by atoms with E-state index in [0.29, 0.717) is 16.2 Å². The van der Waals surface area contributed by atoms with Crippen molar-refractivity contribution in [2.45, 2.75) is 17.7 Å². The van der Waals surface area contributed by atoms with E-state index in [4.69, 9.17) is 9.56 Å². The fourth-order valence-corrected chi connectivity index (χ4v) is 3.21. The van der Waals surface area contributed by atoms with Crippen LogP contribution in [-0.4, -0.2) is 14.3 Å². The molecule has 0 atom stereocenters. The Kier molecular flexibility index (Phi) is 3.74. The second kappa shape index (κ2) is 5.16. The summed E-state index contributed by atoms with van der Waals surface area (Å²) in [7, 11) is -3.68. The highest BCUT2D eigenvalue weighted by atomic mass is 32.2. The maximum Gasteiger partial charge on any atom is 0.255 e. The molecule has 0 bridgehead atoms. The highest BCUT2D eigenvalue weighted by Gasteiger charge is 2.13. The molecule has 2 rings (SSSR count). The number of primary sulfonamides is 1. The monoisotopic (exact) mass is 300 g/mol. The summed E-state index contributed by atoms with van der Waals surface area (Å²) in [6.07, 6.45) is 1.44. The van der Waals surface area contributed by atoms with E-state index in [1.54, 1.807) is 19.1 Å². The van der Waals surface area contributed by atoms with Gasteiger partial charge < -0.3 is 9.73 Å². The van der Waals surface area contributed by atoms with E-state index in [-0.39, 0.29) is 16.7 Å². The quantitative estimate of drug-likeness (QED) is 0.886. The molecule has 0 fully saturated rings. The number of carbonyl (C=O) groups excluding carboxylic acids is 1. The number of amides is 1. The summed E-state index contributed by atoms with van der Waals surface area (Å²) in [5, 5.41) is 7.69. The van der Waals surface area contributed by atoms with Crippen LogP contribution in [0, 0.1) is 6.92 Å². The van der Waals surface area contributed by atoms with Crippen molar-refractivity contribution in [1.29, 1.82) is 0 Å². The van der Waals surface area contributed by atoms with Gasteiger partial charge in [0.2, 0.25) is 10.0 Å². The molecule has 0 aliphatic carbocycles. The summed E-state index contributed by atoms with van der Waals surface area (Å²) in [6, 6.07) is 4.62. The molecular formula is C11H12N2O4S2. The predicted molar refractivity (Wildman–Crippen MR) is 70.3 cm³/mol. The van der Waals surface area contributed by atoms with Crippen LogP contribution in [0.4, 0.5) is 0 Å². The number of thiophene rings is 1. The molecule has 2 heterocycles. The zero-order valence-electron chi connectivity index (χ0n) is 10.0. The Morgan fingerprint density at radius 2 is 2.16 bits per heavy atom. The number of hydrogen-bond acceptors (Lipinski definition) is 5. The van der Waals surface area contributed by atoms with Crippen LogP contribution in [0.1, 0.15) is 21.0 Å². The molecule has 6 nitrogen and oxygen atoms in total. The van der Waals surface area contributed by atoms with Gasteiger partial charge in [0.25, 0.3) is 5.91 Å². The summed E-state index contributed by atoms with van der Waals surface area (Å²) >= 11 is 1.03. The zero-order chi connectivity index (χ0) is 14.0. The van der Waals surface area contributed by atoms with E-state index < -0.39 is 10.0 Å². The van der Waals surface area contributed by atoms with Crippen LogP contribution in [0.3, 0.4) is 0 Å². The molecule has 2 aromatic heterocycles. The SMILES string of the molecule is Cc1occc1C(=O)NCc1ccc(S(N)(=O)=O)s1. The van der Waals surface area contributed by atoms with Crippen molar-refractivity contribution in [2.75, 3.05) is 0 Å². The van der Waals surface area contributed by atoms with Gasteiger partial charge in [-0.25, -0.2) is 13.6 Å². The summed E-state index contributed by atoms with van der Waals surface area (Å²) in [5.41, 5.74) is 0.461. The van der Waals surface area contributed by atoms with Crippen molar-refractivity contribution in [3.8, 4) is 0 Å². The lowest BCUT2D eigenvalue weighted by atomic mass is 10.2. The molecule has 1 amide bonds. The van der Waals surface area contributed by atoms with Gasteiger partial charge in [0.1, 0.15) is 9.97 Å². The molecule has 0 aliphatic rings. The largest absolute Gasteiger partial charge is 0.469 e. The first-order valence-electron chi connectivity index (χ1n) is 5.32. The second-order valence-corrected chi connectivity index (χ2v) is 6.80. The lowest BCUT2D eigenvalue weighted by molar-refractivity contribution is 0.0950. The number of rotatable bonds is 4. The van der Waals surface area contributed by atoms with Crippen molar-refractivity contribution in [1.82, 2.24) is 5.32 Å². The molecule has 0 radical (unpaired) electrons. The van der Waals surface area contributed by atoms with Gasteiger partial charge >= 0.3 is 0 Å². The number of hydrogen-bond donors (Lipinski definition) is 2. The van der Waals surface area contributed by atoms with E-state index in [9.17, 15) is 13.2 Å². The van der Waals surface area contributed by atoms with Crippen LogP contribution in [0.2, 0.25) is 0 Å². The number of sulfonamides is 1. The minimum atomic E-state index is -3.68. The lowest BCUT2D eigenvalue weighted by Gasteiger charge is -2.01. The highest BCUT2D eigenvalue weighted by molar-refractivity contribution is 7.91. The third-order valence-electron chi connectivity index (χ3n) is 2.44. The number of carbonyl (C=O) groups is 1. The molecule has 19 heavy (non-hydrogen) atoms.